The molecular weight excluding hydrogens is 372 g/mol. The average Bonchev–Trinajstić information content (AvgIpc) is 3.16. The first-order valence-electron chi connectivity index (χ1n) is 8.47. The standard InChI is InChI=1S/C18H21ClN4O2S/c1-13(24)21-16(14-2-4-15(19)5-3-14)12-17(25)22-7-9-23(10-8-22)18-20-6-11-26-18/h2-6,11,16H,7-10,12H2,1H3,(H,21,24). The number of aromatic nitrogens is 1. The summed E-state index contributed by atoms with van der Waals surface area (Å²) in [4.78, 5) is 32.7. The van der Waals surface area contributed by atoms with Gasteiger partial charge in [-0.2, -0.15) is 0 Å². The lowest BCUT2D eigenvalue weighted by molar-refractivity contribution is -0.132. The Kier molecular flexibility index (Phi) is 6.11. The van der Waals surface area contributed by atoms with Crippen LogP contribution in [0.3, 0.4) is 0 Å². The van der Waals surface area contributed by atoms with Crippen molar-refractivity contribution < 1.29 is 9.59 Å². The number of hydrogen-bond donors (Lipinski definition) is 1. The minimum Gasteiger partial charge on any atom is -0.349 e. The Morgan fingerprint density at radius 3 is 2.50 bits per heavy atom. The minimum absolute atomic E-state index is 0.0393. The largest absolute Gasteiger partial charge is 0.349 e. The summed E-state index contributed by atoms with van der Waals surface area (Å²) in [7, 11) is 0. The summed E-state index contributed by atoms with van der Waals surface area (Å²) in [6, 6.07) is 6.87. The fourth-order valence-corrected chi connectivity index (χ4v) is 3.84. The number of carbonyl (C=O) groups excluding carboxylic acids is 2. The van der Waals surface area contributed by atoms with Crippen LogP contribution in [0.5, 0.6) is 0 Å². The summed E-state index contributed by atoms with van der Waals surface area (Å²) in [6.07, 6.45) is 2.03. The van der Waals surface area contributed by atoms with Crippen molar-refractivity contribution in [3.63, 3.8) is 0 Å². The zero-order chi connectivity index (χ0) is 18.5. The Hall–Kier alpha value is -2.12. The Labute approximate surface area is 161 Å². The molecule has 0 saturated carbocycles. The molecule has 1 atom stereocenters. The smallest absolute Gasteiger partial charge is 0.225 e. The molecule has 1 saturated heterocycles. The number of piperazine rings is 1. The average molecular weight is 393 g/mol. The van der Waals surface area contributed by atoms with Gasteiger partial charge in [-0.15, -0.1) is 11.3 Å². The van der Waals surface area contributed by atoms with Gasteiger partial charge in [0.2, 0.25) is 11.8 Å². The van der Waals surface area contributed by atoms with Crippen LogP contribution in [-0.4, -0.2) is 47.9 Å². The topological polar surface area (TPSA) is 65.5 Å². The predicted molar refractivity (Wildman–Crippen MR) is 104 cm³/mol. The maximum absolute atomic E-state index is 12.7. The van der Waals surface area contributed by atoms with Crippen LogP contribution in [0, 0.1) is 0 Å². The summed E-state index contributed by atoms with van der Waals surface area (Å²) in [5.74, 6) is -0.121. The van der Waals surface area contributed by atoms with Crippen molar-refractivity contribution >= 4 is 39.9 Å². The van der Waals surface area contributed by atoms with Gasteiger partial charge in [0.1, 0.15) is 0 Å². The van der Waals surface area contributed by atoms with Crippen LogP contribution in [0.25, 0.3) is 0 Å². The lowest BCUT2D eigenvalue weighted by Crippen LogP contribution is -2.49. The number of nitrogens with one attached hydrogen (secondary N) is 1. The molecule has 2 aromatic rings. The van der Waals surface area contributed by atoms with E-state index in [1.807, 2.05) is 22.4 Å². The number of benzene rings is 1. The molecule has 0 bridgehead atoms. The maximum Gasteiger partial charge on any atom is 0.225 e. The van der Waals surface area contributed by atoms with Crippen molar-refractivity contribution in [3.8, 4) is 0 Å². The van der Waals surface area contributed by atoms with Crippen LogP contribution in [0.4, 0.5) is 5.13 Å². The van der Waals surface area contributed by atoms with Gasteiger partial charge in [0, 0.05) is 49.7 Å². The van der Waals surface area contributed by atoms with Crippen LogP contribution in [0.1, 0.15) is 24.9 Å². The number of amides is 2. The predicted octanol–water partition coefficient (Wildman–Crippen LogP) is 2.71. The summed E-state index contributed by atoms with van der Waals surface area (Å²) in [6.45, 7) is 4.31. The van der Waals surface area contributed by atoms with Crippen molar-refractivity contribution in [1.29, 1.82) is 0 Å². The summed E-state index contributed by atoms with van der Waals surface area (Å²) in [5.41, 5.74) is 0.874. The third kappa shape index (κ3) is 4.74. The highest BCUT2D eigenvalue weighted by Gasteiger charge is 2.25. The van der Waals surface area contributed by atoms with Crippen molar-refractivity contribution in [1.82, 2.24) is 15.2 Å². The van der Waals surface area contributed by atoms with E-state index < -0.39 is 0 Å². The van der Waals surface area contributed by atoms with Crippen LogP contribution >= 0.6 is 22.9 Å². The van der Waals surface area contributed by atoms with Crippen molar-refractivity contribution in [2.75, 3.05) is 31.1 Å². The van der Waals surface area contributed by atoms with Crippen molar-refractivity contribution in [2.24, 2.45) is 0 Å². The van der Waals surface area contributed by atoms with Gasteiger partial charge in [-0.3, -0.25) is 9.59 Å². The Bertz CT molecular complexity index is 743. The van der Waals surface area contributed by atoms with Crippen LogP contribution in [-0.2, 0) is 9.59 Å². The Morgan fingerprint density at radius 2 is 1.92 bits per heavy atom. The van der Waals surface area contributed by atoms with E-state index in [9.17, 15) is 9.59 Å². The lowest BCUT2D eigenvalue weighted by atomic mass is 10.0. The van der Waals surface area contributed by atoms with Gasteiger partial charge in [-0.05, 0) is 17.7 Å². The Morgan fingerprint density at radius 1 is 1.23 bits per heavy atom. The third-order valence-corrected chi connectivity index (χ3v) is 5.43. The molecule has 138 valence electrons. The number of thiazole rings is 1. The third-order valence-electron chi connectivity index (χ3n) is 4.35. The molecule has 1 N–H and O–H groups in total. The lowest BCUT2D eigenvalue weighted by Gasteiger charge is -2.35. The minimum atomic E-state index is -0.353. The summed E-state index contributed by atoms with van der Waals surface area (Å²) < 4.78 is 0. The van der Waals surface area contributed by atoms with E-state index in [0.717, 1.165) is 23.8 Å². The molecule has 1 unspecified atom stereocenters. The number of carbonyl (C=O) groups is 2. The molecule has 1 aliphatic heterocycles. The fourth-order valence-electron chi connectivity index (χ4n) is 3.02. The molecule has 8 heteroatoms. The molecular formula is C18H21ClN4O2S. The van der Waals surface area contributed by atoms with Crippen LogP contribution in [0.2, 0.25) is 5.02 Å². The van der Waals surface area contributed by atoms with Crippen LogP contribution < -0.4 is 10.2 Å². The van der Waals surface area contributed by atoms with Gasteiger partial charge in [-0.25, -0.2) is 4.98 Å². The highest BCUT2D eigenvalue weighted by atomic mass is 35.5. The molecule has 1 aromatic carbocycles. The first-order valence-corrected chi connectivity index (χ1v) is 9.73. The highest BCUT2D eigenvalue weighted by molar-refractivity contribution is 7.13. The zero-order valence-corrected chi connectivity index (χ0v) is 16.1. The van der Waals surface area contributed by atoms with Gasteiger partial charge in [0.05, 0.1) is 12.5 Å². The molecule has 26 heavy (non-hydrogen) atoms. The van der Waals surface area contributed by atoms with Gasteiger partial charge in [-0.1, -0.05) is 23.7 Å². The van der Waals surface area contributed by atoms with E-state index in [-0.39, 0.29) is 24.3 Å². The van der Waals surface area contributed by atoms with E-state index in [1.54, 1.807) is 29.7 Å². The van der Waals surface area contributed by atoms with E-state index in [0.29, 0.717) is 18.1 Å². The first kappa shape index (κ1) is 18.7. The maximum atomic E-state index is 12.7. The molecule has 1 aromatic heterocycles. The molecule has 0 aliphatic carbocycles. The number of hydrogen-bond acceptors (Lipinski definition) is 5. The summed E-state index contributed by atoms with van der Waals surface area (Å²) >= 11 is 7.54. The first-order chi connectivity index (χ1) is 12.5. The van der Waals surface area contributed by atoms with Gasteiger partial charge in [0.15, 0.2) is 5.13 Å². The highest BCUT2D eigenvalue weighted by Crippen LogP contribution is 2.22. The number of rotatable bonds is 5. The fraction of sp³-hybridized carbons (Fsp3) is 0.389. The van der Waals surface area contributed by atoms with E-state index >= 15 is 0 Å². The second-order valence-corrected chi connectivity index (χ2v) is 7.50. The quantitative estimate of drug-likeness (QED) is 0.849. The van der Waals surface area contributed by atoms with Gasteiger partial charge >= 0.3 is 0 Å². The molecule has 0 radical (unpaired) electrons. The second kappa shape index (κ2) is 8.51. The molecule has 3 rings (SSSR count). The molecule has 1 aliphatic rings. The Balaban J connectivity index is 1.61. The monoisotopic (exact) mass is 392 g/mol. The molecule has 2 amide bonds. The van der Waals surface area contributed by atoms with E-state index in [1.165, 1.54) is 6.92 Å². The van der Waals surface area contributed by atoms with Gasteiger partial charge < -0.3 is 15.1 Å². The van der Waals surface area contributed by atoms with Gasteiger partial charge in [0.25, 0.3) is 0 Å². The number of nitrogens with zero attached hydrogens (tertiary/aromatic N) is 3. The normalized spacial score (nSPS) is 15.6. The molecule has 1 fully saturated rings. The molecule has 0 spiro atoms. The molecule has 6 nitrogen and oxygen atoms in total. The number of anilines is 1. The summed E-state index contributed by atoms with van der Waals surface area (Å²) in [5, 5.41) is 6.44. The van der Waals surface area contributed by atoms with Crippen molar-refractivity contribution in [3.05, 3.63) is 46.4 Å². The second-order valence-electron chi connectivity index (χ2n) is 6.19. The SMILES string of the molecule is CC(=O)NC(CC(=O)N1CCN(c2nccs2)CC1)c1ccc(Cl)cc1. The molecule has 2 heterocycles. The number of halogens is 1. The van der Waals surface area contributed by atoms with Crippen molar-refractivity contribution in [2.45, 2.75) is 19.4 Å². The van der Waals surface area contributed by atoms with E-state index in [4.69, 9.17) is 11.6 Å². The zero-order valence-electron chi connectivity index (χ0n) is 14.5. The van der Waals surface area contributed by atoms with Crippen LogP contribution in [0.15, 0.2) is 35.8 Å². The van der Waals surface area contributed by atoms with E-state index in [2.05, 4.69) is 15.2 Å².